The Balaban J connectivity index is 1.67. The van der Waals surface area contributed by atoms with E-state index in [2.05, 4.69) is 0 Å². The molecule has 1 aromatic rings. The SMILES string of the molecule is NC[C@@H]1CN(C(=O)[C@H]2COc3ccccc3C2)CCO1. The van der Waals surface area contributed by atoms with Gasteiger partial charge in [-0.15, -0.1) is 0 Å². The van der Waals surface area contributed by atoms with Crippen LogP contribution in [0.3, 0.4) is 0 Å². The Morgan fingerprint density at radius 3 is 3.10 bits per heavy atom. The van der Waals surface area contributed by atoms with Gasteiger partial charge in [-0.1, -0.05) is 18.2 Å². The summed E-state index contributed by atoms with van der Waals surface area (Å²) in [4.78, 5) is 14.4. The van der Waals surface area contributed by atoms with E-state index in [-0.39, 0.29) is 17.9 Å². The van der Waals surface area contributed by atoms with Crippen molar-refractivity contribution in [2.45, 2.75) is 12.5 Å². The third kappa shape index (κ3) is 2.64. The summed E-state index contributed by atoms with van der Waals surface area (Å²) >= 11 is 0. The minimum Gasteiger partial charge on any atom is -0.492 e. The topological polar surface area (TPSA) is 64.8 Å². The molecule has 0 spiro atoms. The zero-order valence-electron chi connectivity index (χ0n) is 11.5. The fourth-order valence-corrected chi connectivity index (χ4v) is 2.81. The van der Waals surface area contributed by atoms with Crippen LogP contribution < -0.4 is 10.5 Å². The first-order valence-corrected chi connectivity index (χ1v) is 7.09. The Morgan fingerprint density at radius 2 is 2.25 bits per heavy atom. The van der Waals surface area contributed by atoms with Crippen LogP contribution in [0.1, 0.15) is 5.56 Å². The van der Waals surface area contributed by atoms with Gasteiger partial charge < -0.3 is 20.1 Å². The third-order valence-electron chi connectivity index (χ3n) is 3.94. The number of fused-ring (bicyclic) bond motifs is 1. The van der Waals surface area contributed by atoms with E-state index in [0.717, 1.165) is 17.7 Å². The predicted octanol–water partition coefficient (Wildman–Crippen LogP) is 0.424. The molecule has 0 bridgehead atoms. The highest BCUT2D eigenvalue weighted by Crippen LogP contribution is 2.28. The van der Waals surface area contributed by atoms with Crippen LogP contribution in [0, 0.1) is 5.92 Å². The quantitative estimate of drug-likeness (QED) is 0.850. The minimum atomic E-state index is -0.0959. The van der Waals surface area contributed by atoms with E-state index in [1.165, 1.54) is 0 Å². The van der Waals surface area contributed by atoms with Gasteiger partial charge >= 0.3 is 0 Å². The summed E-state index contributed by atoms with van der Waals surface area (Å²) in [6.07, 6.45) is 0.712. The van der Waals surface area contributed by atoms with Crippen molar-refractivity contribution in [3.8, 4) is 5.75 Å². The van der Waals surface area contributed by atoms with Gasteiger partial charge in [-0.25, -0.2) is 0 Å². The standard InChI is InChI=1S/C15H20N2O3/c16-8-13-9-17(5-6-19-13)15(18)12-7-11-3-1-2-4-14(11)20-10-12/h1-4,12-13H,5-10,16H2/t12-,13-/m1/s1. The molecule has 3 rings (SSSR count). The lowest BCUT2D eigenvalue weighted by atomic mass is 9.95. The average Bonchev–Trinajstić information content (AvgIpc) is 2.53. The van der Waals surface area contributed by atoms with Crippen molar-refractivity contribution in [2.24, 2.45) is 11.7 Å². The van der Waals surface area contributed by atoms with Crippen molar-refractivity contribution in [3.63, 3.8) is 0 Å². The monoisotopic (exact) mass is 276 g/mol. The Labute approximate surface area is 118 Å². The van der Waals surface area contributed by atoms with Gasteiger partial charge in [-0.05, 0) is 18.1 Å². The lowest BCUT2D eigenvalue weighted by Crippen LogP contribution is -2.51. The maximum Gasteiger partial charge on any atom is 0.229 e. The number of carbonyl (C=O) groups excluding carboxylic acids is 1. The molecule has 2 N–H and O–H groups in total. The first kappa shape index (κ1) is 13.4. The fraction of sp³-hybridized carbons (Fsp3) is 0.533. The van der Waals surface area contributed by atoms with Gasteiger partial charge in [0, 0.05) is 19.6 Å². The van der Waals surface area contributed by atoms with Crippen LogP contribution in [-0.4, -0.2) is 49.8 Å². The molecule has 2 atom stereocenters. The molecule has 1 aromatic carbocycles. The maximum absolute atomic E-state index is 12.6. The van der Waals surface area contributed by atoms with Gasteiger partial charge in [-0.3, -0.25) is 4.79 Å². The first-order valence-electron chi connectivity index (χ1n) is 7.09. The molecule has 2 heterocycles. The molecule has 0 unspecified atom stereocenters. The van der Waals surface area contributed by atoms with Gasteiger partial charge in [0.1, 0.15) is 12.4 Å². The Kier molecular flexibility index (Phi) is 3.89. The Bertz CT molecular complexity index is 492. The van der Waals surface area contributed by atoms with Gasteiger partial charge in [0.05, 0.1) is 18.6 Å². The van der Waals surface area contributed by atoms with E-state index in [9.17, 15) is 4.79 Å². The molecule has 1 fully saturated rings. The molecule has 5 nitrogen and oxygen atoms in total. The van der Waals surface area contributed by atoms with Gasteiger partial charge in [0.15, 0.2) is 0 Å². The number of morpholine rings is 1. The molecular weight excluding hydrogens is 256 g/mol. The third-order valence-corrected chi connectivity index (χ3v) is 3.94. The van der Waals surface area contributed by atoms with Gasteiger partial charge in [-0.2, -0.15) is 0 Å². The molecule has 20 heavy (non-hydrogen) atoms. The molecular formula is C15H20N2O3. The maximum atomic E-state index is 12.6. The summed E-state index contributed by atoms with van der Waals surface area (Å²) in [5.41, 5.74) is 6.73. The number of rotatable bonds is 2. The molecule has 0 saturated carbocycles. The molecule has 0 radical (unpaired) electrons. The summed E-state index contributed by atoms with van der Waals surface area (Å²) in [7, 11) is 0. The minimum absolute atomic E-state index is 0.0375. The smallest absolute Gasteiger partial charge is 0.229 e. The zero-order chi connectivity index (χ0) is 13.9. The van der Waals surface area contributed by atoms with E-state index in [1.807, 2.05) is 29.2 Å². The highest BCUT2D eigenvalue weighted by Gasteiger charge is 2.32. The normalized spacial score (nSPS) is 25.8. The number of nitrogens with zero attached hydrogens (tertiary/aromatic N) is 1. The second kappa shape index (κ2) is 5.81. The molecule has 0 aromatic heterocycles. The number of para-hydroxylation sites is 1. The number of ether oxygens (including phenoxy) is 2. The van der Waals surface area contributed by atoms with E-state index >= 15 is 0 Å². The molecule has 2 aliphatic heterocycles. The van der Waals surface area contributed by atoms with Crippen LogP contribution in [0.25, 0.3) is 0 Å². The lowest BCUT2D eigenvalue weighted by molar-refractivity contribution is -0.144. The van der Waals surface area contributed by atoms with E-state index in [0.29, 0.717) is 32.8 Å². The second-order valence-electron chi connectivity index (χ2n) is 5.33. The molecule has 1 amide bonds. The largest absolute Gasteiger partial charge is 0.492 e. The number of amides is 1. The summed E-state index contributed by atoms with van der Waals surface area (Å²) in [6, 6.07) is 7.91. The van der Waals surface area contributed by atoms with Gasteiger partial charge in [0.25, 0.3) is 0 Å². The predicted molar refractivity (Wildman–Crippen MR) is 74.5 cm³/mol. The van der Waals surface area contributed by atoms with Crippen LogP contribution in [0.2, 0.25) is 0 Å². The first-order chi connectivity index (χ1) is 9.78. The summed E-state index contributed by atoms with van der Waals surface area (Å²) in [5.74, 6) is 0.959. The molecule has 1 saturated heterocycles. The van der Waals surface area contributed by atoms with Crippen LogP contribution in [-0.2, 0) is 16.0 Å². The Morgan fingerprint density at radius 1 is 1.40 bits per heavy atom. The number of carbonyl (C=O) groups is 1. The number of hydrogen-bond acceptors (Lipinski definition) is 4. The second-order valence-corrected chi connectivity index (χ2v) is 5.33. The molecule has 2 aliphatic rings. The van der Waals surface area contributed by atoms with Crippen molar-refractivity contribution in [1.82, 2.24) is 4.90 Å². The molecule has 0 aliphatic carbocycles. The van der Waals surface area contributed by atoms with Crippen molar-refractivity contribution < 1.29 is 14.3 Å². The highest BCUT2D eigenvalue weighted by molar-refractivity contribution is 5.80. The number of hydrogen-bond donors (Lipinski definition) is 1. The number of benzene rings is 1. The van der Waals surface area contributed by atoms with Gasteiger partial charge in [0.2, 0.25) is 5.91 Å². The van der Waals surface area contributed by atoms with Crippen LogP contribution in [0.4, 0.5) is 0 Å². The Hall–Kier alpha value is -1.59. The van der Waals surface area contributed by atoms with Crippen molar-refractivity contribution in [1.29, 1.82) is 0 Å². The summed E-state index contributed by atoms with van der Waals surface area (Å²) < 4.78 is 11.2. The van der Waals surface area contributed by atoms with Crippen molar-refractivity contribution in [3.05, 3.63) is 29.8 Å². The fourth-order valence-electron chi connectivity index (χ4n) is 2.81. The molecule has 108 valence electrons. The van der Waals surface area contributed by atoms with E-state index in [4.69, 9.17) is 15.2 Å². The van der Waals surface area contributed by atoms with Crippen LogP contribution >= 0.6 is 0 Å². The summed E-state index contributed by atoms with van der Waals surface area (Å²) in [5, 5.41) is 0. The van der Waals surface area contributed by atoms with Crippen molar-refractivity contribution >= 4 is 5.91 Å². The highest BCUT2D eigenvalue weighted by atomic mass is 16.5. The van der Waals surface area contributed by atoms with E-state index in [1.54, 1.807) is 0 Å². The number of nitrogens with two attached hydrogens (primary N) is 1. The van der Waals surface area contributed by atoms with Crippen LogP contribution in [0.5, 0.6) is 5.75 Å². The van der Waals surface area contributed by atoms with Crippen LogP contribution in [0.15, 0.2) is 24.3 Å². The molecule has 5 heteroatoms. The van der Waals surface area contributed by atoms with E-state index < -0.39 is 0 Å². The lowest BCUT2D eigenvalue weighted by Gasteiger charge is -2.35. The summed E-state index contributed by atoms with van der Waals surface area (Å²) in [6.45, 7) is 2.72. The average molecular weight is 276 g/mol. The van der Waals surface area contributed by atoms with Crippen molar-refractivity contribution in [2.75, 3.05) is 32.8 Å². The zero-order valence-corrected chi connectivity index (χ0v) is 11.5.